The fourth-order valence-electron chi connectivity index (χ4n) is 1.51. The predicted octanol–water partition coefficient (Wildman–Crippen LogP) is 2.62. The first kappa shape index (κ1) is 12.6. The van der Waals surface area contributed by atoms with Crippen LogP contribution < -0.4 is 5.32 Å². The summed E-state index contributed by atoms with van der Waals surface area (Å²) in [5.41, 5.74) is 1.08. The third-order valence-electron chi connectivity index (χ3n) is 2.55. The first-order chi connectivity index (χ1) is 7.66. The average molecular weight is 221 g/mol. The molecule has 0 aliphatic rings. The van der Waals surface area contributed by atoms with Gasteiger partial charge in [-0.05, 0) is 25.0 Å². The van der Waals surface area contributed by atoms with Crippen molar-refractivity contribution in [3.8, 4) is 5.75 Å². The van der Waals surface area contributed by atoms with Crippen LogP contribution in [-0.2, 0) is 0 Å². The van der Waals surface area contributed by atoms with Crippen molar-refractivity contribution in [1.29, 1.82) is 0 Å². The first-order valence-corrected chi connectivity index (χ1v) is 5.73. The molecule has 0 aliphatic heterocycles. The Labute approximate surface area is 96.5 Å². The highest BCUT2D eigenvalue weighted by Gasteiger charge is 2.11. The molecule has 1 aromatic rings. The molecule has 0 saturated heterocycles. The smallest absolute Gasteiger partial charge is 0.255 e. The number of amides is 1. The molecule has 0 saturated carbocycles. The van der Waals surface area contributed by atoms with Gasteiger partial charge < -0.3 is 10.4 Å². The molecular weight excluding hydrogens is 202 g/mol. The number of hydrogen-bond acceptors (Lipinski definition) is 2. The van der Waals surface area contributed by atoms with E-state index in [9.17, 15) is 9.90 Å². The molecule has 1 amide bonds. The van der Waals surface area contributed by atoms with Gasteiger partial charge in [-0.3, -0.25) is 4.79 Å². The lowest BCUT2D eigenvalue weighted by molar-refractivity contribution is 0.0950. The van der Waals surface area contributed by atoms with Gasteiger partial charge in [0, 0.05) is 6.54 Å². The largest absolute Gasteiger partial charge is 0.507 e. The van der Waals surface area contributed by atoms with Crippen LogP contribution in [0.1, 0.15) is 42.1 Å². The van der Waals surface area contributed by atoms with Crippen molar-refractivity contribution in [2.45, 2.75) is 33.1 Å². The van der Waals surface area contributed by atoms with Crippen LogP contribution in [0, 0.1) is 6.92 Å². The van der Waals surface area contributed by atoms with Gasteiger partial charge in [0.1, 0.15) is 5.75 Å². The molecule has 0 radical (unpaired) electrons. The standard InChI is InChI=1S/C13H19NO2/c1-3-4-5-9-14-13(16)11-8-6-7-10(2)12(11)15/h6-8,15H,3-5,9H2,1-2H3,(H,14,16). The molecule has 3 heteroatoms. The maximum Gasteiger partial charge on any atom is 0.255 e. The first-order valence-electron chi connectivity index (χ1n) is 5.73. The van der Waals surface area contributed by atoms with E-state index in [-0.39, 0.29) is 11.7 Å². The second-order valence-corrected chi connectivity index (χ2v) is 3.93. The summed E-state index contributed by atoms with van der Waals surface area (Å²) in [6.45, 7) is 4.57. The maximum absolute atomic E-state index is 11.7. The van der Waals surface area contributed by atoms with Gasteiger partial charge in [0.05, 0.1) is 5.56 Å². The van der Waals surface area contributed by atoms with Gasteiger partial charge in [0.15, 0.2) is 0 Å². The quantitative estimate of drug-likeness (QED) is 0.751. The second kappa shape index (κ2) is 6.16. The predicted molar refractivity (Wildman–Crippen MR) is 64.7 cm³/mol. The number of rotatable bonds is 5. The summed E-state index contributed by atoms with van der Waals surface area (Å²) in [4.78, 5) is 11.7. The number of benzene rings is 1. The Hall–Kier alpha value is -1.51. The highest BCUT2D eigenvalue weighted by molar-refractivity contribution is 5.97. The highest BCUT2D eigenvalue weighted by atomic mass is 16.3. The van der Waals surface area contributed by atoms with Crippen LogP contribution in [0.4, 0.5) is 0 Å². The van der Waals surface area contributed by atoms with Crippen LogP contribution in [-0.4, -0.2) is 17.6 Å². The van der Waals surface area contributed by atoms with Crippen LogP contribution in [0.5, 0.6) is 5.75 Å². The fourth-order valence-corrected chi connectivity index (χ4v) is 1.51. The molecule has 0 aromatic heterocycles. The third-order valence-corrected chi connectivity index (χ3v) is 2.55. The van der Waals surface area contributed by atoms with E-state index in [0.717, 1.165) is 24.8 Å². The van der Waals surface area contributed by atoms with Crippen molar-refractivity contribution in [2.75, 3.05) is 6.54 Å². The number of aryl methyl sites for hydroxylation is 1. The minimum Gasteiger partial charge on any atom is -0.507 e. The molecule has 0 aliphatic carbocycles. The molecule has 3 nitrogen and oxygen atoms in total. The number of carbonyl (C=O) groups excluding carboxylic acids is 1. The summed E-state index contributed by atoms with van der Waals surface area (Å²) < 4.78 is 0. The molecular formula is C13H19NO2. The Morgan fingerprint density at radius 1 is 1.38 bits per heavy atom. The number of nitrogens with one attached hydrogen (secondary N) is 1. The van der Waals surface area contributed by atoms with E-state index >= 15 is 0 Å². The van der Waals surface area contributed by atoms with Gasteiger partial charge in [-0.15, -0.1) is 0 Å². The Balaban J connectivity index is 2.56. The topological polar surface area (TPSA) is 49.3 Å². The summed E-state index contributed by atoms with van der Waals surface area (Å²) in [6.07, 6.45) is 3.22. The van der Waals surface area contributed by atoms with Gasteiger partial charge in [-0.1, -0.05) is 31.9 Å². The number of aromatic hydroxyl groups is 1. The van der Waals surface area contributed by atoms with Crippen LogP contribution in [0.15, 0.2) is 18.2 Å². The van der Waals surface area contributed by atoms with E-state index in [0.29, 0.717) is 12.1 Å². The number of para-hydroxylation sites is 1. The molecule has 0 fully saturated rings. The van der Waals surface area contributed by atoms with E-state index in [4.69, 9.17) is 0 Å². The lowest BCUT2D eigenvalue weighted by Gasteiger charge is -2.07. The zero-order chi connectivity index (χ0) is 12.0. The van der Waals surface area contributed by atoms with Crippen molar-refractivity contribution < 1.29 is 9.90 Å². The molecule has 16 heavy (non-hydrogen) atoms. The molecule has 1 aromatic carbocycles. The van der Waals surface area contributed by atoms with Crippen molar-refractivity contribution in [3.05, 3.63) is 29.3 Å². The number of hydrogen-bond donors (Lipinski definition) is 2. The summed E-state index contributed by atoms with van der Waals surface area (Å²) >= 11 is 0. The summed E-state index contributed by atoms with van der Waals surface area (Å²) in [5, 5.41) is 12.5. The molecule has 0 bridgehead atoms. The molecule has 0 atom stereocenters. The van der Waals surface area contributed by atoms with Gasteiger partial charge >= 0.3 is 0 Å². The molecule has 0 heterocycles. The Morgan fingerprint density at radius 3 is 2.81 bits per heavy atom. The minimum absolute atomic E-state index is 0.0792. The van der Waals surface area contributed by atoms with Gasteiger partial charge in [-0.2, -0.15) is 0 Å². The fraction of sp³-hybridized carbons (Fsp3) is 0.462. The molecule has 0 spiro atoms. The van der Waals surface area contributed by atoms with Crippen LogP contribution >= 0.6 is 0 Å². The molecule has 0 unspecified atom stereocenters. The Morgan fingerprint density at radius 2 is 2.12 bits per heavy atom. The Kier molecular flexibility index (Phi) is 4.83. The molecule has 1 rings (SSSR count). The lowest BCUT2D eigenvalue weighted by atomic mass is 10.1. The van der Waals surface area contributed by atoms with Crippen LogP contribution in [0.25, 0.3) is 0 Å². The van der Waals surface area contributed by atoms with E-state index in [1.165, 1.54) is 0 Å². The van der Waals surface area contributed by atoms with Gasteiger partial charge in [0.25, 0.3) is 5.91 Å². The summed E-state index contributed by atoms with van der Waals surface area (Å²) in [5.74, 6) is -0.118. The zero-order valence-electron chi connectivity index (χ0n) is 9.92. The monoisotopic (exact) mass is 221 g/mol. The van der Waals surface area contributed by atoms with Crippen molar-refractivity contribution in [2.24, 2.45) is 0 Å². The van der Waals surface area contributed by atoms with Crippen molar-refractivity contribution >= 4 is 5.91 Å². The lowest BCUT2D eigenvalue weighted by Crippen LogP contribution is -2.24. The van der Waals surface area contributed by atoms with Crippen LogP contribution in [0.3, 0.4) is 0 Å². The summed E-state index contributed by atoms with van der Waals surface area (Å²) in [7, 11) is 0. The van der Waals surface area contributed by atoms with Crippen molar-refractivity contribution in [3.63, 3.8) is 0 Å². The minimum atomic E-state index is -0.197. The van der Waals surface area contributed by atoms with E-state index in [1.54, 1.807) is 25.1 Å². The van der Waals surface area contributed by atoms with E-state index in [1.807, 2.05) is 0 Å². The van der Waals surface area contributed by atoms with E-state index < -0.39 is 0 Å². The average Bonchev–Trinajstić information content (AvgIpc) is 2.28. The normalized spacial score (nSPS) is 10.1. The zero-order valence-corrected chi connectivity index (χ0v) is 9.92. The highest BCUT2D eigenvalue weighted by Crippen LogP contribution is 2.20. The molecule has 2 N–H and O–H groups in total. The number of phenolic OH excluding ortho intramolecular Hbond substituents is 1. The Bertz CT molecular complexity index is 361. The van der Waals surface area contributed by atoms with Crippen molar-refractivity contribution in [1.82, 2.24) is 5.32 Å². The SMILES string of the molecule is CCCCCNC(=O)c1cccc(C)c1O. The van der Waals surface area contributed by atoms with Gasteiger partial charge in [-0.25, -0.2) is 0 Å². The number of carbonyl (C=O) groups is 1. The van der Waals surface area contributed by atoms with E-state index in [2.05, 4.69) is 12.2 Å². The second-order valence-electron chi connectivity index (χ2n) is 3.93. The summed E-state index contributed by atoms with van der Waals surface area (Å²) in [6, 6.07) is 5.19. The van der Waals surface area contributed by atoms with Gasteiger partial charge in [0.2, 0.25) is 0 Å². The van der Waals surface area contributed by atoms with Crippen LogP contribution in [0.2, 0.25) is 0 Å². The number of unbranched alkanes of at least 4 members (excludes halogenated alkanes) is 2. The third kappa shape index (κ3) is 3.26. The molecule has 88 valence electrons. The number of phenols is 1. The maximum atomic E-state index is 11.7.